The van der Waals surface area contributed by atoms with Gasteiger partial charge in [0, 0.05) is 17.0 Å². The summed E-state index contributed by atoms with van der Waals surface area (Å²) in [5.74, 6) is -0.203. The van der Waals surface area contributed by atoms with Gasteiger partial charge in [0.05, 0.1) is 12.6 Å². The van der Waals surface area contributed by atoms with E-state index in [0.717, 1.165) is 30.5 Å². The number of aryl methyl sites for hydroxylation is 2. The molecule has 0 radical (unpaired) electrons. The lowest BCUT2D eigenvalue weighted by Crippen LogP contribution is -2.39. The lowest BCUT2D eigenvalue weighted by Gasteiger charge is -2.24. The monoisotopic (exact) mass is 342 g/mol. The summed E-state index contributed by atoms with van der Waals surface area (Å²) >= 11 is 1.68. The minimum absolute atomic E-state index is 0.0105. The summed E-state index contributed by atoms with van der Waals surface area (Å²) in [6.07, 6.45) is 2.01. The van der Waals surface area contributed by atoms with Crippen molar-refractivity contribution in [1.29, 1.82) is 0 Å². The van der Waals surface area contributed by atoms with Crippen molar-refractivity contribution >= 4 is 23.2 Å². The van der Waals surface area contributed by atoms with Crippen LogP contribution in [0.3, 0.4) is 0 Å². The van der Waals surface area contributed by atoms with Crippen LogP contribution in [0.1, 0.15) is 45.2 Å². The van der Waals surface area contributed by atoms with Crippen LogP contribution >= 0.6 is 11.3 Å². The Morgan fingerprint density at radius 3 is 2.67 bits per heavy atom. The minimum Gasteiger partial charge on any atom is -0.343 e. The molecular formula is C19H22N2O2S. The van der Waals surface area contributed by atoms with Crippen molar-refractivity contribution in [2.45, 2.75) is 32.7 Å². The normalized spacial score (nSPS) is 17.1. The SMILES string of the molecule is Cc1cc(C)cc(C(=O)NCC(=O)N2CCCC2c2cccs2)c1. The predicted octanol–water partition coefficient (Wildman–Crippen LogP) is 3.46. The van der Waals surface area contributed by atoms with Crippen LogP contribution < -0.4 is 5.32 Å². The molecule has 24 heavy (non-hydrogen) atoms. The maximum Gasteiger partial charge on any atom is 0.251 e. The molecule has 0 spiro atoms. The van der Waals surface area contributed by atoms with E-state index in [4.69, 9.17) is 0 Å². The fraction of sp³-hybridized carbons (Fsp3) is 0.368. The Bertz CT molecular complexity index is 720. The van der Waals surface area contributed by atoms with Gasteiger partial charge in [0.1, 0.15) is 0 Å². The Morgan fingerprint density at radius 2 is 2.00 bits per heavy atom. The number of hydrogen-bond acceptors (Lipinski definition) is 3. The molecule has 2 aromatic rings. The van der Waals surface area contributed by atoms with Crippen molar-refractivity contribution in [2.75, 3.05) is 13.1 Å². The van der Waals surface area contributed by atoms with Gasteiger partial charge in [-0.1, -0.05) is 23.3 Å². The second kappa shape index (κ2) is 7.18. The third kappa shape index (κ3) is 3.67. The van der Waals surface area contributed by atoms with Crippen molar-refractivity contribution < 1.29 is 9.59 Å². The van der Waals surface area contributed by atoms with E-state index in [-0.39, 0.29) is 24.4 Å². The second-order valence-electron chi connectivity index (χ2n) is 6.32. The molecule has 2 heterocycles. The highest BCUT2D eigenvalue weighted by atomic mass is 32.1. The summed E-state index contributed by atoms with van der Waals surface area (Å²) < 4.78 is 0. The first-order valence-electron chi connectivity index (χ1n) is 8.24. The van der Waals surface area contributed by atoms with Crippen molar-refractivity contribution in [1.82, 2.24) is 10.2 Å². The van der Waals surface area contributed by atoms with Crippen molar-refractivity contribution in [2.24, 2.45) is 0 Å². The zero-order valence-electron chi connectivity index (χ0n) is 14.0. The third-order valence-electron chi connectivity index (χ3n) is 4.33. The summed E-state index contributed by atoms with van der Waals surface area (Å²) in [4.78, 5) is 28.0. The van der Waals surface area contributed by atoms with E-state index in [1.165, 1.54) is 4.88 Å². The van der Waals surface area contributed by atoms with Crippen LogP contribution in [0.4, 0.5) is 0 Å². The molecule has 0 aliphatic carbocycles. The molecule has 2 amide bonds. The molecule has 126 valence electrons. The van der Waals surface area contributed by atoms with Gasteiger partial charge in [-0.3, -0.25) is 9.59 Å². The number of nitrogens with one attached hydrogen (secondary N) is 1. The molecular weight excluding hydrogens is 320 g/mol. The topological polar surface area (TPSA) is 49.4 Å². The molecule has 1 saturated heterocycles. The lowest BCUT2D eigenvalue weighted by atomic mass is 10.1. The van der Waals surface area contributed by atoms with Gasteiger partial charge >= 0.3 is 0 Å². The van der Waals surface area contributed by atoms with Crippen molar-refractivity contribution in [3.8, 4) is 0 Å². The number of thiophene rings is 1. The molecule has 1 atom stereocenters. The van der Waals surface area contributed by atoms with Gasteiger partial charge in [-0.25, -0.2) is 0 Å². The fourth-order valence-electron chi connectivity index (χ4n) is 3.31. The molecule has 5 heteroatoms. The minimum atomic E-state index is -0.193. The third-order valence-corrected chi connectivity index (χ3v) is 5.30. The van der Waals surface area contributed by atoms with Crippen molar-refractivity contribution in [3.05, 3.63) is 57.3 Å². The van der Waals surface area contributed by atoms with E-state index in [2.05, 4.69) is 11.4 Å². The molecule has 4 nitrogen and oxygen atoms in total. The first-order valence-corrected chi connectivity index (χ1v) is 9.12. The molecule has 1 aliphatic rings. The Morgan fingerprint density at radius 1 is 1.25 bits per heavy atom. The van der Waals surface area contributed by atoms with E-state index >= 15 is 0 Å². The number of rotatable bonds is 4. The van der Waals surface area contributed by atoms with E-state index in [9.17, 15) is 9.59 Å². The molecule has 1 aromatic heterocycles. The van der Waals surface area contributed by atoms with Crippen LogP contribution in [0.5, 0.6) is 0 Å². The maximum atomic E-state index is 12.5. The first-order chi connectivity index (χ1) is 11.5. The smallest absolute Gasteiger partial charge is 0.251 e. The first kappa shape index (κ1) is 16.7. The van der Waals surface area contributed by atoms with Crippen molar-refractivity contribution in [3.63, 3.8) is 0 Å². The van der Waals surface area contributed by atoms with Crippen LogP contribution in [0.25, 0.3) is 0 Å². The van der Waals surface area contributed by atoms with Crippen LogP contribution in [0.15, 0.2) is 35.7 Å². The maximum absolute atomic E-state index is 12.5. The summed E-state index contributed by atoms with van der Waals surface area (Å²) in [7, 11) is 0. The molecule has 1 aliphatic heterocycles. The molecule has 1 aromatic carbocycles. The Balaban J connectivity index is 1.61. The quantitative estimate of drug-likeness (QED) is 0.925. The van der Waals surface area contributed by atoms with Gasteiger partial charge in [0.2, 0.25) is 5.91 Å². The Hall–Kier alpha value is -2.14. The highest BCUT2D eigenvalue weighted by Gasteiger charge is 2.30. The number of nitrogens with zero attached hydrogens (tertiary/aromatic N) is 1. The average molecular weight is 342 g/mol. The number of likely N-dealkylation sites (tertiary alicyclic amines) is 1. The standard InChI is InChI=1S/C19H22N2O2S/c1-13-9-14(2)11-15(10-13)19(23)20-12-18(22)21-7-3-5-16(21)17-6-4-8-24-17/h4,6,8-11,16H,3,5,7,12H2,1-2H3,(H,20,23). The van der Waals surface area contributed by atoms with E-state index in [1.54, 1.807) is 11.3 Å². The molecule has 1 fully saturated rings. The van der Waals surface area contributed by atoms with Gasteiger partial charge < -0.3 is 10.2 Å². The van der Waals surface area contributed by atoms with E-state index < -0.39 is 0 Å². The predicted molar refractivity (Wildman–Crippen MR) is 96.3 cm³/mol. The molecule has 1 N–H and O–H groups in total. The highest BCUT2D eigenvalue weighted by Crippen LogP contribution is 2.34. The van der Waals surface area contributed by atoms with Crippen LogP contribution in [-0.4, -0.2) is 29.8 Å². The molecule has 3 rings (SSSR count). The number of hydrogen-bond donors (Lipinski definition) is 1. The molecule has 0 bridgehead atoms. The number of benzene rings is 1. The summed E-state index contributed by atoms with van der Waals surface area (Å²) in [5.41, 5.74) is 2.70. The zero-order chi connectivity index (χ0) is 17.1. The Kier molecular flexibility index (Phi) is 5.00. The summed E-state index contributed by atoms with van der Waals surface area (Å²) in [6.45, 7) is 4.74. The van der Waals surface area contributed by atoms with Gasteiger partial charge in [-0.2, -0.15) is 0 Å². The van der Waals surface area contributed by atoms with Crippen LogP contribution in [0.2, 0.25) is 0 Å². The summed E-state index contributed by atoms with van der Waals surface area (Å²) in [5, 5.41) is 4.81. The van der Waals surface area contributed by atoms with E-state index in [1.807, 2.05) is 48.4 Å². The summed E-state index contributed by atoms with van der Waals surface area (Å²) in [6, 6.07) is 9.97. The fourth-order valence-corrected chi connectivity index (χ4v) is 4.18. The molecule has 1 unspecified atom stereocenters. The van der Waals surface area contributed by atoms with Crippen LogP contribution in [0, 0.1) is 13.8 Å². The molecule has 0 saturated carbocycles. The van der Waals surface area contributed by atoms with Gasteiger partial charge in [0.25, 0.3) is 5.91 Å². The number of amides is 2. The van der Waals surface area contributed by atoms with E-state index in [0.29, 0.717) is 5.56 Å². The zero-order valence-corrected chi connectivity index (χ0v) is 14.9. The lowest BCUT2D eigenvalue weighted by molar-refractivity contribution is -0.131. The van der Waals surface area contributed by atoms with Crippen LogP contribution in [-0.2, 0) is 4.79 Å². The van der Waals surface area contributed by atoms with Gasteiger partial charge in [0.15, 0.2) is 0 Å². The number of carbonyl (C=O) groups excluding carboxylic acids is 2. The van der Waals surface area contributed by atoms with Gasteiger partial charge in [-0.15, -0.1) is 11.3 Å². The second-order valence-corrected chi connectivity index (χ2v) is 7.30. The number of carbonyl (C=O) groups is 2. The largest absolute Gasteiger partial charge is 0.343 e. The average Bonchev–Trinajstić information content (AvgIpc) is 3.21. The Labute approximate surface area is 146 Å². The highest BCUT2D eigenvalue weighted by molar-refractivity contribution is 7.10. The van der Waals surface area contributed by atoms with Gasteiger partial charge in [-0.05, 0) is 50.3 Å².